The Morgan fingerprint density at radius 2 is 1.97 bits per heavy atom. The van der Waals surface area contributed by atoms with Gasteiger partial charge in [0.2, 0.25) is 5.91 Å². The Morgan fingerprint density at radius 1 is 1.15 bits per heavy atom. The zero-order chi connectivity index (χ0) is 42.6. The Labute approximate surface area is 362 Å². The number of carbonyl (C=O) groups is 1. The highest BCUT2D eigenvalue weighted by atomic mass is 32.1. The van der Waals surface area contributed by atoms with Crippen molar-refractivity contribution in [2.75, 3.05) is 43.5 Å². The molecular formula is C45H48FN11O4S. The van der Waals surface area contributed by atoms with Crippen molar-refractivity contribution in [1.82, 2.24) is 40.2 Å². The summed E-state index contributed by atoms with van der Waals surface area (Å²) in [7, 11) is 0. The molecule has 2 aromatic carbocycles. The van der Waals surface area contributed by atoms with Gasteiger partial charge in [-0.3, -0.25) is 9.78 Å². The van der Waals surface area contributed by atoms with E-state index in [9.17, 15) is 10.1 Å². The number of likely N-dealkylation sites (tertiary alicyclic amines) is 1. The molecule has 0 radical (unpaired) electrons. The predicted octanol–water partition coefficient (Wildman–Crippen LogP) is 6.65. The summed E-state index contributed by atoms with van der Waals surface area (Å²) in [5, 5.41) is 24.0. The number of aromatic nitrogens is 6. The molecular weight excluding hydrogens is 810 g/mol. The van der Waals surface area contributed by atoms with Gasteiger partial charge in [0.1, 0.15) is 58.4 Å². The number of rotatable bonds is 11. The molecule has 15 nitrogen and oxygen atoms in total. The van der Waals surface area contributed by atoms with E-state index in [1.165, 1.54) is 6.07 Å². The number of nitriles is 1. The van der Waals surface area contributed by atoms with E-state index in [1.807, 2.05) is 49.2 Å². The van der Waals surface area contributed by atoms with Crippen LogP contribution >= 0.6 is 11.3 Å². The van der Waals surface area contributed by atoms with E-state index in [0.29, 0.717) is 76.9 Å². The Morgan fingerprint density at radius 3 is 2.68 bits per heavy atom. The molecule has 4 fully saturated rings. The number of anilines is 2. The summed E-state index contributed by atoms with van der Waals surface area (Å²) in [6.07, 6.45) is 7.91. The van der Waals surface area contributed by atoms with Crippen LogP contribution in [0.3, 0.4) is 0 Å². The maximum Gasteiger partial charge on any atom is 0.319 e. The number of halogens is 1. The van der Waals surface area contributed by atoms with Crippen LogP contribution < -0.4 is 25.4 Å². The lowest BCUT2D eigenvalue weighted by atomic mass is 10.0. The van der Waals surface area contributed by atoms with E-state index in [2.05, 4.69) is 33.5 Å². The number of nitrogen functional groups attached to an aromatic ring is 1. The van der Waals surface area contributed by atoms with Crippen molar-refractivity contribution in [3.8, 4) is 40.3 Å². The van der Waals surface area contributed by atoms with Gasteiger partial charge >= 0.3 is 6.01 Å². The van der Waals surface area contributed by atoms with Gasteiger partial charge < -0.3 is 35.1 Å². The van der Waals surface area contributed by atoms with Crippen molar-refractivity contribution in [2.24, 2.45) is 5.92 Å². The van der Waals surface area contributed by atoms with Crippen LogP contribution in [-0.2, 0) is 16.1 Å². The van der Waals surface area contributed by atoms with E-state index >= 15 is 4.39 Å². The fourth-order valence-electron chi connectivity index (χ4n) is 9.50. The van der Waals surface area contributed by atoms with Crippen LogP contribution in [0.25, 0.3) is 43.5 Å². The number of benzene rings is 2. The molecule has 4 unspecified atom stereocenters. The van der Waals surface area contributed by atoms with Gasteiger partial charge in [-0.15, -0.1) is 16.4 Å². The topological polar surface area (TPSA) is 182 Å². The van der Waals surface area contributed by atoms with Gasteiger partial charge in [-0.1, -0.05) is 43.3 Å². The second kappa shape index (κ2) is 16.4. The average Bonchev–Trinajstić information content (AvgIpc) is 4.14. The second-order valence-corrected chi connectivity index (χ2v) is 18.2. The number of piperazine rings is 1. The molecule has 6 aromatic rings. The molecule has 0 spiro atoms. The minimum absolute atomic E-state index is 0.0285. The van der Waals surface area contributed by atoms with Crippen molar-refractivity contribution < 1.29 is 23.4 Å². The standard InChI is InChI=1S/C45H48FN11O4S/c1-24(2)39(44(58)55-14-4-5-25(55)3)57-22-35(53-54-57)27-8-6-26(7-9-27)23-60-40-37(31-10-11-34(46)41-36(31)32(18-47)42(48)62-41)50-20-33-38(40)51-45(61-30-12-15-59-16-13-30)52-43(33)56-21-28-17-29(56)19-49-28/h6-11,20,22,24-25,28-30,39,49H,4-5,12-17,19,21,23,48H2,1-3H3. The zero-order valence-corrected chi connectivity index (χ0v) is 35.7. The fraction of sp³-hybridized carbons (Fsp3) is 0.444. The monoisotopic (exact) mass is 857 g/mol. The molecule has 3 N–H and O–H groups in total. The van der Waals surface area contributed by atoms with Gasteiger partial charge in [0.25, 0.3) is 0 Å². The summed E-state index contributed by atoms with van der Waals surface area (Å²) in [4.78, 5) is 33.0. The van der Waals surface area contributed by atoms with E-state index in [1.54, 1.807) is 16.9 Å². The van der Waals surface area contributed by atoms with Gasteiger partial charge in [0, 0.05) is 73.3 Å². The molecule has 62 heavy (non-hydrogen) atoms. The highest BCUT2D eigenvalue weighted by Gasteiger charge is 2.40. The van der Waals surface area contributed by atoms with Crippen LogP contribution in [0.4, 0.5) is 15.2 Å². The third-order valence-electron chi connectivity index (χ3n) is 12.8. The van der Waals surface area contributed by atoms with Crippen molar-refractivity contribution >= 4 is 49.1 Å². The zero-order valence-electron chi connectivity index (χ0n) is 34.9. The van der Waals surface area contributed by atoms with Gasteiger partial charge in [-0.25, -0.2) is 9.07 Å². The Balaban J connectivity index is 1.03. The molecule has 17 heteroatoms. The lowest BCUT2D eigenvalue weighted by Gasteiger charge is -2.30. The first kappa shape index (κ1) is 40.1. The number of pyridine rings is 1. The quantitative estimate of drug-likeness (QED) is 0.141. The molecule has 4 aliphatic heterocycles. The highest BCUT2D eigenvalue weighted by Crippen LogP contribution is 2.46. The molecule has 320 valence electrons. The van der Waals surface area contributed by atoms with Gasteiger partial charge in [-0.05, 0) is 49.8 Å². The molecule has 0 aliphatic carbocycles. The molecule has 4 aromatic heterocycles. The van der Waals surface area contributed by atoms with Crippen molar-refractivity contribution in [3.05, 3.63) is 65.7 Å². The van der Waals surface area contributed by atoms with E-state index < -0.39 is 11.9 Å². The van der Waals surface area contributed by atoms with Gasteiger partial charge in [-0.2, -0.15) is 15.2 Å². The van der Waals surface area contributed by atoms with Crippen LogP contribution in [0.1, 0.15) is 70.0 Å². The molecule has 1 amide bonds. The lowest BCUT2D eigenvalue weighted by Crippen LogP contribution is -2.44. The first-order chi connectivity index (χ1) is 30.1. The number of ether oxygens (including phenoxy) is 3. The highest BCUT2D eigenvalue weighted by molar-refractivity contribution is 7.23. The minimum atomic E-state index is -0.479. The third-order valence-corrected chi connectivity index (χ3v) is 13.8. The van der Waals surface area contributed by atoms with Gasteiger partial charge in [0.15, 0.2) is 5.75 Å². The number of hydrogen-bond acceptors (Lipinski definition) is 14. The number of fused-ring (bicyclic) bond motifs is 4. The number of amides is 1. The summed E-state index contributed by atoms with van der Waals surface area (Å²) in [6.45, 7) is 9.85. The molecule has 4 saturated heterocycles. The maximum absolute atomic E-state index is 15.4. The predicted molar refractivity (Wildman–Crippen MR) is 233 cm³/mol. The SMILES string of the molecule is CC(C)C(C(=O)N1CCCC1C)n1cc(-c2ccc(COc3c(-c4ccc(F)c5sc(N)c(C#N)c45)ncc4c(N5CC6CC5CN6)nc(OC5CCOCC5)nc34)cc2)nn1. The van der Waals surface area contributed by atoms with E-state index in [0.717, 1.165) is 61.4 Å². The number of thiophene rings is 1. The second-order valence-electron chi connectivity index (χ2n) is 17.1. The smallest absolute Gasteiger partial charge is 0.319 e. The van der Waals surface area contributed by atoms with Crippen molar-refractivity contribution in [1.29, 1.82) is 5.26 Å². The average molecular weight is 858 g/mol. The summed E-state index contributed by atoms with van der Waals surface area (Å²) in [6, 6.07) is 13.6. The summed E-state index contributed by atoms with van der Waals surface area (Å²) in [5.41, 5.74) is 10.2. The Bertz CT molecular complexity index is 2710. The Kier molecular flexibility index (Phi) is 10.6. The number of nitrogens with one attached hydrogen (secondary N) is 1. The summed E-state index contributed by atoms with van der Waals surface area (Å²) >= 11 is 1.03. The van der Waals surface area contributed by atoms with Crippen LogP contribution in [0.5, 0.6) is 11.8 Å². The van der Waals surface area contributed by atoms with Crippen LogP contribution in [0.15, 0.2) is 48.8 Å². The normalized spacial score (nSPS) is 20.7. The number of nitrogens with two attached hydrogens (primary N) is 1. The first-order valence-corrected chi connectivity index (χ1v) is 22.3. The van der Waals surface area contributed by atoms with Crippen molar-refractivity contribution in [3.63, 3.8) is 0 Å². The largest absolute Gasteiger partial charge is 0.484 e. The Hall–Kier alpha value is -5.96. The fourth-order valence-corrected chi connectivity index (χ4v) is 10.4. The maximum atomic E-state index is 15.4. The van der Waals surface area contributed by atoms with Gasteiger partial charge in [0.05, 0.1) is 35.1 Å². The number of carbonyl (C=O) groups excluding carboxylic acids is 1. The van der Waals surface area contributed by atoms with Crippen molar-refractivity contribution in [2.45, 2.75) is 89.8 Å². The number of hydrogen-bond donors (Lipinski definition) is 2. The molecule has 4 atom stereocenters. The molecule has 4 aliphatic rings. The molecule has 2 bridgehead atoms. The van der Waals surface area contributed by atoms with E-state index in [-0.39, 0.29) is 57.9 Å². The van der Waals surface area contributed by atoms with Crippen LogP contribution in [0, 0.1) is 23.1 Å². The van der Waals surface area contributed by atoms with Crippen LogP contribution in [-0.4, -0.2) is 97.8 Å². The first-order valence-electron chi connectivity index (χ1n) is 21.5. The third kappa shape index (κ3) is 7.23. The van der Waals surface area contributed by atoms with Crippen LogP contribution in [0.2, 0.25) is 0 Å². The van der Waals surface area contributed by atoms with E-state index in [4.69, 9.17) is 34.9 Å². The minimum Gasteiger partial charge on any atom is -0.484 e. The lowest BCUT2D eigenvalue weighted by molar-refractivity contribution is -0.137. The summed E-state index contributed by atoms with van der Waals surface area (Å²) < 4.78 is 36.3. The summed E-state index contributed by atoms with van der Waals surface area (Å²) in [5.74, 6) is 0.683. The molecule has 0 saturated carbocycles. The molecule has 10 rings (SSSR count). The molecule has 8 heterocycles. The number of nitrogens with zero attached hydrogens (tertiary/aromatic N) is 9.